The van der Waals surface area contributed by atoms with Gasteiger partial charge in [0.1, 0.15) is 5.39 Å². The molecule has 2 rings (SSSR count). The molecule has 0 spiro atoms. The second-order valence-corrected chi connectivity index (χ2v) is 4.44. The molecule has 1 atom stereocenters. The molecule has 0 amide bonds. The number of aromatic nitrogens is 4. The van der Waals surface area contributed by atoms with E-state index in [1.165, 1.54) is 0 Å². The standard InChI is InChI=1S/C12H19N5O/c1-4-5-8(2)7-18-11-9-6-14-17-10(9)15-12(13-3)16-11/h6,8H,4-5,7H2,1-3H3,(H2,13,14,15,16,17). The van der Waals surface area contributed by atoms with E-state index in [-0.39, 0.29) is 0 Å². The Hall–Kier alpha value is -1.85. The number of nitrogens with zero attached hydrogens (tertiary/aromatic N) is 3. The van der Waals surface area contributed by atoms with Gasteiger partial charge in [0.2, 0.25) is 11.8 Å². The zero-order valence-corrected chi connectivity index (χ0v) is 11.0. The smallest absolute Gasteiger partial charge is 0.229 e. The minimum atomic E-state index is 0.518. The van der Waals surface area contributed by atoms with Gasteiger partial charge in [-0.1, -0.05) is 20.3 Å². The van der Waals surface area contributed by atoms with Crippen molar-refractivity contribution in [2.75, 3.05) is 19.0 Å². The molecule has 6 nitrogen and oxygen atoms in total. The largest absolute Gasteiger partial charge is 0.477 e. The lowest BCUT2D eigenvalue weighted by molar-refractivity contribution is 0.246. The van der Waals surface area contributed by atoms with Gasteiger partial charge in [0.05, 0.1) is 12.8 Å². The Morgan fingerprint density at radius 1 is 1.44 bits per heavy atom. The van der Waals surface area contributed by atoms with Crippen molar-refractivity contribution in [1.29, 1.82) is 0 Å². The van der Waals surface area contributed by atoms with Gasteiger partial charge in [0.25, 0.3) is 0 Å². The van der Waals surface area contributed by atoms with Crippen molar-refractivity contribution in [2.45, 2.75) is 26.7 Å². The molecular formula is C12H19N5O. The first kappa shape index (κ1) is 12.6. The molecular weight excluding hydrogens is 230 g/mol. The summed E-state index contributed by atoms with van der Waals surface area (Å²) in [5.41, 5.74) is 0.687. The van der Waals surface area contributed by atoms with Crippen LogP contribution in [-0.2, 0) is 0 Å². The van der Waals surface area contributed by atoms with E-state index >= 15 is 0 Å². The first-order valence-corrected chi connectivity index (χ1v) is 6.26. The Kier molecular flexibility index (Phi) is 3.96. The van der Waals surface area contributed by atoms with Crippen LogP contribution < -0.4 is 10.1 Å². The summed E-state index contributed by atoms with van der Waals surface area (Å²) in [5, 5.41) is 10.5. The number of aromatic amines is 1. The molecule has 0 bridgehead atoms. The number of anilines is 1. The second kappa shape index (κ2) is 5.66. The Labute approximate surface area is 106 Å². The lowest BCUT2D eigenvalue weighted by atomic mass is 10.1. The lowest BCUT2D eigenvalue weighted by Crippen LogP contribution is -2.10. The van der Waals surface area contributed by atoms with Crippen LogP contribution in [0.5, 0.6) is 5.88 Å². The summed E-state index contributed by atoms with van der Waals surface area (Å²) in [6.07, 6.45) is 4.00. The maximum atomic E-state index is 5.78. The Bertz CT molecular complexity index is 510. The summed E-state index contributed by atoms with van der Waals surface area (Å²) in [4.78, 5) is 8.58. The lowest BCUT2D eigenvalue weighted by Gasteiger charge is -2.12. The summed E-state index contributed by atoms with van der Waals surface area (Å²) in [7, 11) is 1.78. The van der Waals surface area contributed by atoms with E-state index in [0.717, 1.165) is 18.2 Å². The van der Waals surface area contributed by atoms with Gasteiger partial charge in [-0.3, -0.25) is 5.10 Å². The third-order valence-corrected chi connectivity index (χ3v) is 2.78. The third kappa shape index (κ3) is 2.69. The molecule has 2 N–H and O–H groups in total. The topological polar surface area (TPSA) is 75.7 Å². The molecule has 6 heteroatoms. The Morgan fingerprint density at radius 2 is 2.28 bits per heavy atom. The second-order valence-electron chi connectivity index (χ2n) is 4.44. The predicted molar refractivity (Wildman–Crippen MR) is 70.8 cm³/mol. The van der Waals surface area contributed by atoms with Crippen molar-refractivity contribution in [1.82, 2.24) is 20.2 Å². The fourth-order valence-electron chi connectivity index (χ4n) is 1.83. The van der Waals surface area contributed by atoms with Gasteiger partial charge in [0, 0.05) is 7.05 Å². The molecule has 0 aliphatic rings. The molecule has 2 heterocycles. The van der Waals surface area contributed by atoms with Crippen LogP contribution in [0.1, 0.15) is 26.7 Å². The van der Waals surface area contributed by atoms with Crippen LogP contribution in [-0.4, -0.2) is 33.8 Å². The summed E-state index contributed by atoms with van der Waals surface area (Å²) < 4.78 is 5.78. The maximum absolute atomic E-state index is 5.78. The number of rotatable bonds is 6. The zero-order valence-electron chi connectivity index (χ0n) is 11.0. The zero-order chi connectivity index (χ0) is 13.0. The van der Waals surface area contributed by atoms with Crippen LogP contribution in [0.3, 0.4) is 0 Å². The number of hydrogen-bond donors (Lipinski definition) is 2. The number of hydrogen-bond acceptors (Lipinski definition) is 5. The van der Waals surface area contributed by atoms with Crippen LogP contribution in [0.2, 0.25) is 0 Å². The highest BCUT2D eigenvalue weighted by Gasteiger charge is 2.11. The van der Waals surface area contributed by atoms with Crippen molar-refractivity contribution in [3.05, 3.63) is 6.20 Å². The number of nitrogens with one attached hydrogen (secondary N) is 2. The first-order valence-electron chi connectivity index (χ1n) is 6.26. The van der Waals surface area contributed by atoms with Crippen LogP contribution in [0.4, 0.5) is 5.95 Å². The van der Waals surface area contributed by atoms with Crippen molar-refractivity contribution in [2.24, 2.45) is 5.92 Å². The molecule has 0 saturated carbocycles. The molecule has 98 valence electrons. The fourth-order valence-corrected chi connectivity index (χ4v) is 1.83. The SMILES string of the molecule is CCCC(C)COc1nc(NC)nc2[nH]ncc12. The van der Waals surface area contributed by atoms with E-state index in [9.17, 15) is 0 Å². The minimum Gasteiger partial charge on any atom is -0.477 e. The minimum absolute atomic E-state index is 0.518. The van der Waals surface area contributed by atoms with E-state index in [1.54, 1.807) is 13.2 Å². The Morgan fingerprint density at radius 3 is 3.00 bits per heavy atom. The van der Waals surface area contributed by atoms with Crippen LogP contribution >= 0.6 is 0 Å². The van der Waals surface area contributed by atoms with Crippen molar-refractivity contribution in [3.8, 4) is 5.88 Å². The summed E-state index contributed by atoms with van der Waals surface area (Å²) in [6, 6.07) is 0. The molecule has 18 heavy (non-hydrogen) atoms. The van der Waals surface area contributed by atoms with Gasteiger partial charge >= 0.3 is 0 Å². The summed E-state index contributed by atoms with van der Waals surface area (Å²) in [5.74, 6) is 1.64. The fraction of sp³-hybridized carbons (Fsp3) is 0.583. The van der Waals surface area contributed by atoms with Crippen LogP contribution in [0.25, 0.3) is 11.0 Å². The highest BCUT2D eigenvalue weighted by molar-refractivity contribution is 5.80. The van der Waals surface area contributed by atoms with Gasteiger partial charge in [-0.25, -0.2) is 0 Å². The average molecular weight is 249 g/mol. The maximum Gasteiger partial charge on any atom is 0.229 e. The van der Waals surface area contributed by atoms with E-state index in [0.29, 0.717) is 30.0 Å². The monoisotopic (exact) mass is 249 g/mol. The molecule has 2 aromatic rings. The highest BCUT2D eigenvalue weighted by atomic mass is 16.5. The van der Waals surface area contributed by atoms with E-state index < -0.39 is 0 Å². The molecule has 0 aliphatic heterocycles. The molecule has 0 fully saturated rings. The summed E-state index contributed by atoms with van der Waals surface area (Å²) >= 11 is 0. The van der Waals surface area contributed by atoms with E-state index in [1.807, 2.05) is 0 Å². The van der Waals surface area contributed by atoms with Gasteiger partial charge in [-0.15, -0.1) is 0 Å². The number of H-pyrrole nitrogens is 1. The Balaban J connectivity index is 2.18. The van der Waals surface area contributed by atoms with E-state index in [4.69, 9.17) is 4.74 Å². The quantitative estimate of drug-likeness (QED) is 0.821. The van der Waals surface area contributed by atoms with Gasteiger partial charge in [-0.2, -0.15) is 15.1 Å². The molecule has 1 unspecified atom stereocenters. The van der Waals surface area contributed by atoms with Gasteiger partial charge < -0.3 is 10.1 Å². The first-order chi connectivity index (χ1) is 8.74. The van der Waals surface area contributed by atoms with Crippen molar-refractivity contribution >= 4 is 17.0 Å². The molecule has 0 saturated heterocycles. The van der Waals surface area contributed by atoms with Crippen molar-refractivity contribution in [3.63, 3.8) is 0 Å². The van der Waals surface area contributed by atoms with Gasteiger partial charge in [0.15, 0.2) is 5.65 Å². The van der Waals surface area contributed by atoms with Gasteiger partial charge in [-0.05, 0) is 12.3 Å². The molecule has 0 aliphatic carbocycles. The van der Waals surface area contributed by atoms with Crippen molar-refractivity contribution < 1.29 is 4.74 Å². The number of ether oxygens (including phenoxy) is 1. The van der Waals surface area contributed by atoms with Crippen LogP contribution in [0.15, 0.2) is 6.20 Å². The number of fused-ring (bicyclic) bond motifs is 1. The third-order valence-electron chi connectivity index (χ3n) is 2.78. The average Bonchev–Trinajstić information content (AvgIpc) is 2.84. The van der Waals surface area contributed by atoms with Crippen LogP contribution in [0, 0.1) is 5.92 Å². The van der Waals surface area contributed by atoms with E-state index in [2.05, 4.69) is 39.3 Å². The highest BCUT2D eigenvalue weighted by Crippen LogP contribution is 2.22. The molecule has 2 aromatic heterocycles. The molecule has 0 radical (unpaired) electrons. The summed E-state index contributed by atoms with van der Waals surface area (Å²) in [6.45, 7) is 5.01. The molecule has 0 aromatic carbocycles. The normalized spacial score (nSPS) is 12.6. The predicted octanol–water partition coefficient (Wildman–Crippen LogP) is 2.21.